The molecule has 1 N–H and O–H groups in total. The minimum Gasteiger partial charge on any atom is -0.489 e. The van der Waals surface area contributed by atoms with E-state index in [-0.39, 0.29) is 5.91 Å². The normalized spacial score (nSPS) is 11.3. The van der Waals surface area contributed by atoms with Crippen molar-refractivity contribution in [2.75, 3.05) is 0 Å². The number of aromatic nitrogens is 2. The summed E-state index contributed by atoms with van der Waals surface area (Å²) in [6.07, 6.45) is 1.49. The van der Waals surface area contributed by atoms with Crippen LogP contribution in [0.3, 0.4) is 0 Å². The molecule has 1 amide bonds. The Morgan fingerprint density at radius 3 is 2.43 bits per heavy atom. The van der Waals surface area contributed by atoms with E-state index in [0.29, 0.717) is 39.5 Å². The van der Waals surface area contributed by atoms with E-state index in [0.717, 1.165) is 22.6 Å². The summed E-state index contributed by atoms with van der Waals surface area (Å²) in [5, 5.41) is 9.56. The quantitative estimate of drug-likeness (QED) is 0.191. The van der Waals surface area contributed by atoms with Crippen LogP contribution in [0.2, 0.25) is 10.2 Å². The zero-order valence-corrected chi connectivity index (χ0v) is 22.6. The summed E-state index contributed by atoms with van der Waals surface area (Å²) in [5.41, 5.74) is 8.39. The van der Waals surface area contributed by atoms with Crippen molar-refractivity contribution in [3.05, 3.63) is 110 Å². The number of nitrogens with zero attached hydrogens (tertiary/aromatic N) is 3. The van der Waals surface area contributed by atoms with Crippen molar-refractivity contribution in [2.45, 2.75) is 40.2 Å². The first-order chi connectivity index (χ1) is 17.7. The summed E-state index contributed by atoms with van der Waals surface area (Å²) < 4.78 is 7.69. The summed E-state index contributed by atoms with van der Waals surface area (Å²) in [5.74, 6) is 0.926. The van der Waals surface area contributed by atoms with Gasteiger partial charge in [-0.1, -0.05) is 61.3 Å². The van der Waals surface area contributed by atoms with Crippen LogP contribution in [0.4, 0.5) is 0 Å². The van der Waals surface area contributed by atoms with Crippen molar-refractivity contribution in [1.82, 2.24) is 15.2 Å². The van der Waals surface area contributed by atoms with Crippen LogP contribution >= 0.6 is 23.2 Å². The highest BCUT2D eigenvalue weighted by Gasteiger charge is 2.14. The van der Waals surface area contributed by atoms with Crippen LogP contribution in [0.15, 0.2) is 71.8 Å². The van der Waals surface area contributed by atoms with E-state index in [1.54, 1.807) is 28.9 Å². The van der Waals surface area contributed by atoms with Gasteiger partial charge >= 0.3 is 0 Å². The third-order valence-corrected chi connectivity index (χ3v) is 6.50. The van der Waals surface area contributed by atoms with Crippen LogP contribution in [-0.4, -0.2) is 21.9 Å². The third-order valence-electron chi connectivity index (χ3n) is 5.88. The van der Waals surface area contributed by atoms with E-state index < -0.39 is 0 Å². The summed E-state index contributed by atoms with van der Waals surface area (Å²) in [6.45, 7) is 8.58. The van der Waals surface area contributed by atoms with Crippen molar-refractivity contribution in [3.8, 4) is 11.4 Å². The molecule has 0 saturated heterocycles. The Labute approximate surface area is 226 Å². The van der Waals surface area contributed by atoms with Crippen LogP contribution in [-0.2, 0) is 6.61 Å². The van der Waals surface area contributed by atoms with Gasteiger partial charge in [-0.25, -0.2) is 10.1 Å². The molecule has 0 spiro atoms. The second-order valence-electron chi connectivity index (χ2n) is 9.06. The first kappa shape index (κ1) is 26.5. The van der Waals surface area contributed by atoms with Gasteiger partial charge in [0, 0.05) is 10.6 Å². The standard InChI is InChI=1S/C29H28Cl2N4O2/c1-18(2)25-14-5-19(3)15-27(25)37-17-21-6-8-22(9-7-21)29(36)33-32-16-26-20(4)34-35(28(26)31)24-12-10-23(30)11-13-24/h5-16,18H,17H2,1-4H3,(H,33,36). The van der Waals surface area contributed by atoms with Crippen molar-refractivity contribution in [2.24, 2.45) is 5.10 Å². The van der Waals surface area contributed by atoms with E-state index in [4.69, 9.17) is 27.9 Å². The lowest BCUT2D eigenvalue weighted by Crippen LogP contribution is -2.17. The minimum atomic E-state index is -0.330. The average molecular weight is 535 g/mol. The van der Waals surface area contributed by atoms with Gasteiger partial charge in [-0.3, -0.25) is 4.79 Å². The lowest BCUT2D eigenvalue weighted by atomic mass is 10.0. The second-order valence-corrected chi connectivity index (χ2v) is 9.85. The maximum Gasteiger partial charge on any atom is 0.271 e. The van der Waals surface area contributed by atoms with Gasteiger partial charge < -0.3 is 4.74 Å². The number of hydrogen-bond donors (Lipinski definition) is 1. The predicted octanol–water partition coefficient (Wildman–Crippen LogP) is 7.26. The van der Waals surface area contributed by atoms with Crippen molar-refractivity contribution in [1.29, 1.82) is 0 Å². The summed E-state index contributed by atoms with van der Waals surface area (Å²) in [4.78, 5) is 12.6. The molecular weight excluding hydrogens is 507 g/mol. The molecule has 0 saturated carbocycles. The fourth-order valence-corrected chi connectivity index (χ4v) is 4.24. The lowest BCUT2D eigenvalue weighted by Gasteiger charge is -2.15. The van der Waals surface area contributed by atoms with E-state index in [2.05, 4.69) is 47.7 Å². The Hall–Kier alpha value is -3.61. The molecule has 0 fully saturated rings. The number of benzene rings is 3. The molecule has 0 aliphatic carbocycles. The van der Waals surface area contributed by atoms with E-state index >= 15 is 0 Å². The number of carbonyl (C=O) groups excluding carboxylic acids is 1. The first-order valence-corrected chi connectivity index (χ1v) is 12.6. The number of rotatable bonds is 8. The summed E-state index contributed by atoms with van der Waals surface area (Å²) in [6, 6.07) is 20.7. The maximum absolute atomic E-state index is 12.6. The molecule has 190 valence electrons. The highest BCUT2D eigenvalue weighted by molar-refractivity contribution is 6.32. The van der Waals surface area contributed by atoms with Crippen molar-refractivity contribution in [3.63, 3.8) is 0 Å². The number of aryl methyl sites for hydroxylation is 2. The maximum atomic E-state index is 12.6. The molecule has 4 aromatic rings. The molecule has 37 heavy (non-hydrogen) atoms. The largest absolute Gasteiger partial charge is 0.489 e. The van der Waals surface area contributed by atoms with Gasteiger partial charge in [-0.15, -0.1) is 0 Å². The van der Waals surface area contributed by atoms with Gasteiger partial charge in [0.05, 0.1) is 23.2 Å². The average Bonchev–Trinajstić information content (AvgIpc) is 3.16. The monoisotopic (exact) mass is 534 g/mol. The SMILES string of the molecule is Cc1ccc(C(C)C)c(OCc2ccc(C(=O)NN=Cc3c(C)nn(-c4ccc(Cl)cc4)c3Cl)cc2)c1. The fourth-order valence-electron chi connectivity index (χ4n) is 3.79. The molecule has 1 heterocycles. The van der Waals surface area contributed by atoms with Gasteiger partial charge in [0.1, 0.15) is 17.5 Å². The highest BCUT2D eigenvalue weighted by atomic mass is 35.5. The number of halogens is 2. The van der Waals surface area contributed by atoms with Crippen LogP contribution in [0.5, 0.6) is 5.75 Å². The Morgan fingerprint density at radius 1 is 1.05 bits per heavy atom. The molecule has 0 radical (unpaired) electrons. The molecule has 4 rings (SSSR count). The van der Waals surface area contributed by atoms with Gasteiger partial charge in [-0.2, -0.15) is 10.2 Å². The Bertz CT molecular complexity index is 1430. The lowest BCUT2D eigenvalue weighted by molar-refractivity contribution is 0.0955. The molecular formula is C29H28Cl2N4O2. The number of ether oxygens (including phenoxy) is 1. The molecule has 0 aliphatic heterocycles. The Kier molecular flexibility index (Phi) is 8.31. The molecule has 0 unspecified atom stereocenters. The molecule has 8 heteroatoms. The van der Waals surface area contributed by atoms with Crippen LogP contribution in [0, 0.1) is 13.8 Å². The topological polar surface area (TPSA) is 68.5 Å². The fraction of sp³-hybridized carbons (Fsp3) is 0.207. The summed E-state index contributed by atoms with van der Waals surface area (Å²) >= 11 is 12.5. The zero-order chi connectivity index (χ0) is 26.5. The molecule has 1 aromatic heterocycles. The van der Waals surface area contributed by atoms with E-state index in [9.17, 15) is 4.79 Å². The van der Waals surface area contributed by atoms with Crippen LogP contribution < -0.4 is 10.2 Å². The number of amides is 1. The van der Waals surface area contributed by atoms with Gasteiger partial charge in [0.15, 0.2) is 0 Å². The number of carbonyl (C=O) groups is 1. The highest BCUT2D eigenvalue weighted by Crippen LogP contribution is 2.28. The van der Waals surface area contributed by atoms with Crippen LogP contribution in [0.1, 0.15) is 58.1 Å². The molecule has 3 aromatic carbocycles. The van der Waals surface area contributed by atoms with Crippen molar-refractivity contribution >= 4 is 35.3 Å². The number of hydrogen-bond acceptors (Lipinski definition) is 4. The van der Waals surface area contributed by atoms with E-state index in [1.807, 2.05) is 38.1 Å². The van der Waals surface area contributed by atoms with Crippen molar-refractivity contribution < 1.29 is 9.53 Å². The minimum absolute atomic E-state index is 0.330. The zero-order valence-electron chi connectivity index (χ0n) is 21.1. The molecule has 0 atom stereocenters. The smallest absolute Gasteiger partial charge is 0.271 e. The molecule has 0 bridgehead atoms. The first-order valence-electron chi connectivity index (χ1n) is 11.9. The Balaban J connectivity index is 1.38. The third kappa shape index (κ3) is 6.40. The molecule has 0 aliphatic rings. The molecule has 6 nitrogen and oxygen atoms in total. The predicted molar refractivity (Wildman–Crippen MR) is 149 cm³/mol. The Morgan fingerprint density at radius 2 is 1.76 bits per heavy atom. The number of nitrogens with one attached hydrogen (secondary N) is 1. The van der Waals surface area contributed by atoms with E-state index in [1.165, 1.54) is 11.8 Å². The van der Waals surface area contributed by atoms with Gasteiger partial charge in [0.25, 0.3) is 5.91 Å². The number of hydrazone groups is 1. The van der Waals surface area contributed by atoms with Gasteiger partial charge in [-0.05, 0) is 78.9 Å². The van der Waals surface area contributed by atoms with Gasteiger partial charge in [0.2, 0.25) is 0 Å². The van der Waals surface area contributed by atoms with Crippen LogP contribution in [0.25, 0.3) is 5.69 Å². The second kappa shape index (κ2) is 11.6. The summed E-state index contributed by atoms with van der Waals surface area (Å²) in [7, 11) is 0.